The molecule has 0 aliphatic rings. The molecule has 4 heteroatoms. The second kappa shape index (κ2) is 9.18. The van der Waals surface area contributed by atoms with Gasteiger partial charge in [-0.1, -0.05) is 84.9 Å². The second-order valence-corrected chi connectivity index (χ2v) is 11.6. The van der Waals surface area contributed by atoms with Gasteiger partial charge in [0.15, 0.2) is 0 Å². The van der Waals surface area contributed by atoms with E-state index in [2.05, 4.69) is 149 Å². The summed E-state index contributed by atoms with van der Waals surface area (Å²) in [5.74, 6) is 0.881. The van der Waals surface area contributed by atoms with E-state index in [9.17, 15) is 0 Å². The number of para-hydroxylation sites is 3. The van der Waals surface area contributed by atoms with Crippen molar-refractivity contribution in [3.05, 3.63) is 152 Å². The van der Waals surface area contributed by atoms with Gasteiger partial charge in [-0.05, 0) is 71.8 Å². The predicted octanol–water partition coefficient (Wildman–Crippen LogP) is 10.8. The number of fused-ring (bicyclic) bond motifs is 10. The normalized spacial score (nSPS) is 12.0. The maximum atomic E-state index is 6.72. The maximum Gasteiger partial charge on any atom is 0.145 e. The molecule has 0 aliphatic carbocycles. The summed E-state index contributed by atoms with van der Waals surface area (Å²) in [5, 5.41) is 6.96. The largest absolute Gasteiger partial charge is 0.455 e. The van der Waals surface area contributed by atoms with Crippen LogP contribution in [0, 0.1) is 0 Å². The van der Waals surface area contributed by atoms with E-state index in [1.807, 2.05) is 12.3 Å². The lowest BCUT2D eigenvalue weighted by atomic mass is 10.1. The molecule has 0 spiro atoms. The number of furan rings is 1. The Bertz CT molecular complexity index is 2710. The molecule has 0 fully saturated rings. The highest BCUT2D eigenvalue weighted by Gasteiger charge is 2.20. The van der Waals surface area contributed by atoms with Crippen molar-refractivity contribution < 1.29 is 4.42 Å². The van der Waals surface area contributed by atoms with Crippen LogP contribution in [0.25, 0.3) is 88.2 Å². The van der Waals surface area contributed by atoms with Crippen molar-refractivity contribution in [2.24, 2.45) is 0 Å². The molecule has 210 valence electrons. The number of aromatic nitrogens is 3. The van der Waals surface area contributed by atoms with Gasteiger partial charge in [0, 0.05) is 38.8 Å². The van der Waals surface area contributed by atoms with Crippen LogP contribution in [0.2, 0.25) is 0 Å². The molecule has 0 amide bonds. The van der Waals surface area contributed by atoms with Crippen LogP contribution >= 0.6 is 0 Å². The zero-order valence-electron chi connectivity index (χ0n) is 24.2. The molecule has 4 nitrogen and oxygen atoms in total. The Kier molecular flexibility index (Phi) is 4.96. The fourth-order valence-corrected chi connectivity index (χ4v) is 7.21. The van der Waals surface area contributed by atoms with Gasteiger partial charge in [-0.15, -0.1) is 0 Å². The highest BCUT2D eigenvalue weighted by Crippen LogP contribution is 2.41. The maximum absolute atomic E-state index is 6.72. The highest BCUT2D eigenvalue weighted by atomic mass is 16.3. The average Bonchev–Trinajstić information content (AvgIpc) is 3.76. The van der Waals surface area contributed by atoms with Crippen molar-refractivity contribution in [2.45, 2.75) is 0 Å². The third kappa shape index (κ3) is 3.45. The van der Waals surface area contributed by atoms with E-state index >= 15 is 0 Å². The summed E-state index contributed by atoms with van der Waals surface area (Å²) in [7, 11) is 0. The molecular formula is C41H25N3O. The van der Waals surface area contributed by atoms with Gasteiger partial charge in [-0.25, -0.2) is 4.98 Å². The summed E-state index contributed by atoms with van der Waals surface area (Å²) in [6.07, 6.45) is 1.90. The lowest BCUT2D eigenvalue weighted by Gasteiger charge is -2.09. The third-order valence-corrected chi connectivity index (χ3v) is 9.18. The highest BCUT2D eigenvalue weighted by molar-refractivity contribution is 6.24. The first-order chi connectivity index (χ1) is 22.3. The minimum Gasteiger partial charge on any atom is -0.455 e. The fraction of sp³-hybridized carbons (Fsp3) is 0. The van der Waals surface area contributed by atoms with Gasteiger partial charge in [-0.3, -0.25) is 4.57 Å². The molecule has 0 saturated carbocycles. The van der Waals surface area contributed by atoms with Gasteiger partial charge < -0.3 is 8.98 Å². The van der Waals surface area contributed by atoms with Crippen molar-refractivity contribution in [1.82, 2.24) is 14.1 Å². The Hall–Kier alpha value is -6.13. The standard InChI is InChI=1S/C41H25N3O/c1-2-10-26(11-3-1)27-22-23-42-39(24-27)44-36-17-9-6-14-32(36)40-37(44)20-19-31-33-25-28(18-21-38(33)45-41(31)40)43-34-15-7-4-12-29(34)30-13-5-8-16-35(30)43/h1-25H. The van der Waals surface area contributed by atoms with Crippen LogP contribution in [-0.2, 0) is 0 Å². The van der Waals surface area contributed by atoms with Gasteiger partial charge in [0.1, 0.15) is 17.0 Å². The summed E-state index contributed by atoms with van der Waals surface area (Å²) in [5.41, 5.74) is 9.76. The minimum absolute atomic E-state index is 0.878. The topological polar surface area (TPSA) is 35.9 Å². The van der Waals surface area contributed by atoms with Crippen LogP contribution in [0.4, 0.5) is 0 Å². The minimum atomic E-state index is 0.878. The summed E-state index contributed by atoms with van der Waals surface area (Å²) in [6.45, 7) is 0. The Labute approximate surface area is 258 Å². The summed E-state index contributed by atoms with van der Waals surface area (Å²) in [4.78, 5) is 4.85. The van der Waals surface area contributed by atoms with Crippen molar-refractivity contribution in [3.8, 4) is 22.6 Å². The van der Waals surface area contributed by atoms with Gasteiger partial charge in [0.25, 0.3) is 0 Å². The van der Waals surface area contributed by atoms with E-state index in [4.69, 9.17) is 9.40 Å². The number of hydrogen-bond acceptors (Lipinski definition) is 2. The molecule has 0 aliphatic heterocycles. The Morgan fingerprint density at radius 2 is 1.11 bits per heavy atom. The first-order valence-corrected chi connectivity index (χ1v) is 15.2. The van der Waals surface area contributed by atoms with E-state index in [0.717, 1.165) is 60.8 Å². The molecule has 6 aromatic carbocycles. The molecule has 0 saturated heterocycles. The average molecular weight is 576 g/mol. The molecule has 0 N–H and O–H groups in total. The predicted molar refractivity (Wildman–Crippen MR) is 186 cm³/mol. The lowest BCUT2D eigenvalue weighted by molar-refractivity contribution is 0.673. The first-order valence-electron chi connectivity index (χ1n) is 15.2. The molecule has 4 heterocycles. The SMILES string of the molecule is c1ccc(-c2ccnc(-n3c4ccccc4c4c5oc6ccc(-n7c8ccccc8c8ccccc87)cc6c5ccc43)c2)cc1. The number of rotatable bonds is 3. The van der Waals surface area contributed by atoms with E-state index in [1.165, 1.54) is 27.4 Å². The molecule has 45 heavy (non-hydrogen) atoms. The van der Waals surface area contributed by atoms with E-state index in [0.29, 0.717) is 0 Å². The summed E-state index contributed by atoms with van der Waals surface area (Å²) in [6, 6.07) is 51.5. The molecule has 0 radical (unpaired) electrons. The quantitative estimate of drug-likeness (QED) is 0.210. The van der Waals surface area contributed by atoms with E-state index < -0.39 is 0 Å². The molecule has 0 bridgehead atoms. The van der Waals surface area contributed by atoms with Crippen LogP contribution in [0.1, 0.15) is 0 Å². The van der Waals surface area contributed by atoms with Crippen molar-refractivity contribution in [1.29, 1.82) is 0 Å². The van der Waals surface area contributed by atoms with Crippen molar-refractivity contribution in [3.63, 3.8) is 0 Å². The zero-order chi connectivity index (χ0) is 29.5. The number of benzene rings is 6. The Balaban J connectivity index is 1.23. The molecular weight excluding hydrogens is 550 g/mol. The lowest BCUT2D eigenvalue weighted by Crippen LogP contribution is -1.97. The van der Waals surface area contributed by atoms with Gasteiger partial charge in [-0.2, -0.15) is 0 Å². The Morgan fingerprint density at radius 1 is 0.444 bits per heavy atom. The third-order valence-electron chi connectivity index (χ3n) is 9.18. The smallest absolute Gasteiger partial charge is 0.145 e. The molecule has 4 aromatic heterocycles. The fourth-order valence-electron chi connectivity index (χ4n) is 7.21. The monoisotopic (exact) mass is 575 g/mol. The number of pyridine rings is 1. The zero-order valence-corrected chi connectivity index (χ0v) is 24.2. The van der Waals surface area contributed by atoms with Crippen LogP contribution in [-0.4, -0.2) is 14.1 Å². The number of hydrogen-bond donors (Lipinski definition) is 0. The summed E-state index contributed by atoms with van der Waals surface area (Å²) < 4.78 is 11.3. The van der Waals surface area contributed by atoms with E-state index in [-0.39, 0.29) is 0 Å². The molecule has 0 atom stereocenters. The molecule has 10 rings (SSSR count). The second-order valence-electron chi connectivity index (χ2n) is 11.6. The first kappa shape index (κ1) is 24.3. The van der Waals surface area contributed by atoms with Crippen LogP contribution in [0.5, 0.6) is 0 Å². The van der Waals surface area contributed by atoms with Crippen LogP contribution in [0.3, 0.4) is 0 Å². The van der Waals surface area contributed by atoms with Gasteiger partial charge >= 0.3 is 0 Å². The van der Waals surface area contributed by atoms with Crippen LogP contribution < -0.4 is 0 Å². The van der Waals surface area contributed by atoms with Crippen molar-refractivity contribution >= 4 is 65.6 Å². The van der Waals surface area contributed by atoms with Crippen LogP contribution in [0.15, 0.2) is 156 Å². The number of nitrogens with zero attached hydrogens (tertiary/aromatic N) is 3. The van der Waals surface area contributed by atoms with Gasteiger partial charge in [0.05, 0.1) is 27.5 Å². The Morgan fingerprint density at radius 3 is 1.87 bits per heavy atom. The van der Waals surface area contributed by atoms with Gasteiger partial charge in [0.2, 0.25) is 0 Å². The molecule has 10 aromatic rings. The van der Waals surface area contributed by atoms with E-state index in [1.54, 1.807) is 0 Å². The molecule has 0 unspecified atom stereocenters. The van der Waals surface area contributed by atoms with Crippen molar-refractivity contribution in [2.75, 3.05) is 0 Å². The summed E-state index contributed by atoms with van der Waals surface area (Å²) >= 11 is 0.